The Morgan fingerprint density at radius 3 is 2.48 bits per heavy atom. The van der Waals surface area contributed by atoms with Gasteiger partial charge in [0.05, 0.1) is 5.56 Å². The van der Waals surface area contributed by atoms with Crippen molar-refractivity contribution in [3.8, 4) is 6.07 Å². The summed E-state index contributed by atoms with van der Waals surface area (Å²) in [7, 11) is 0. The Kier molecular flexibility index (Phi) is 6.64. The van der Waals surface area contributed by atoms with Crippen LogP contribution in [0.25, 0.3) is 0 Å². The van der Waals surface area contributed by atoms with Gasteiger partial charge in [-0.25, -0.2) is 0 Å². The third-order valence-electron chi connectivity index (χ3n) is 3.57. The standard InChI is InChI=1S/C16H16ClN3.ClH/c1-11(13-2-4-15(17)5-3-13)16(8-19)14-6-12(7-18)9-20-10-14;/h2-6,9-11,16H,8,19H2,1H3;1H. The van der Waals surface area contributed by atoms with Crippen LogP contribution in [0.5, 0.6) is 0 Å². The number of hydrogen-bond acceptors (Lipinski definition) is 3. The minimum atomic E-state index is 0. The maximum atomic E-state index is 8.97. The number of pyridine rings is 1. The molecule has 0 radical (unpaired) electrons. The van der Waals surface area contributed by atoms with Crippen molar-refractivity contribution >= 4 is 24.0 Å². The lowest BCUT2D eigenvalue weighted by molar-refractivity contribution is 0.582. The molecular formula is C16H17Cl2N3. The molecule has 0 saturated heterocycles. The summed E-state index contributed by atoms with van der Waals surface area (Å²) < 4.78 is 0. The first-order chi connectivity index (χ1) is 9.65. The topological polar surface area (TPSA) is 62.7 Å². The normalized spacial score (nSPS) is 12.9. The predicted octanol–water partition coefficient (Wildman–Crippen LogP) is 3.87. The number of nitriles is 1. The molecule has 2 aromatic rings. The average molecular weight is 322 g/mol. The minimum absolute atomic E-state index is 0. The first kappa shape index (κ1) is 17.5. The zero-order valence-electron chi connectivity index (χ0n) is 11.7. The first-order valence-corrected chi connectivity index (χ1v) is 6.84. The average Bonchev–Trinajstić information content (AvgIpc) is 2.49. The number of rotatable bonds is 4. The van der Waals surface area contributed by atoms with Crippen LogP contribution in [-0.2, 0) is 0 Å². The molecule has 2 N–H and O–H groups in total. The van der Waals surface area contributed by atoms with E-state index in [9.17, 15) is 0 Å². The van der Waals surface area contributed by atoms with Crippen LogP contribution in [0, 0.1) is 11.3 Å². The molecule has 0 bridgehead atoms. The maximum absolute atomic E-state index is 8.97. The number of halogens is 2. The Hall–Kier alpha value is -1.60. The molecule has 0 fully saturated rings. The summed E-state index contributed by atoms with van der Waals surface area (Å²) >= 11 is 5.92. The van der Waals surface area contributed by atoms with E-state index in [1.165, 1.54) is 5.56 Å². The molecule has 2 unspecified atom stereocenters. The van der Waals surface area contributed by atoms with Gasteiger partial charge in [0, 0.05) is 23.3 Å². The van der Waals surface area contributed by atoms with Gasteiger partial charge in [-0.15, -0.1) is 12.4 Å². The summed E-state index contributed by atoms with van der Waals surface area (Å²) in [5.74, 6) is 0.352. The molecule has 1 heterocycles. The molecule has 1 aromatic carbocycles. The second-order valence-electron chi connectivity index (χ2n) is 4.80. The highest BCUT2D eigenvalue weighted by molar-refractivity contribution is 6.30. The van der Waals surface area contributed by atoms with E-state index in [1.54, 1.807) is 12.4 Å². The van der Waals surface area contributed by atoms with Gasteiger partial charge >= 0.3 is 0 Å². The molecule has 21 heavy (non-hydrogen) atoms. The Labute approximate surface area is 136 Å². The van der Waals surface area contributed by atoms with Crippen LogP contribution < -0.4 is 5.73 Å². The van der Waals surface area contributed by atoms with Crippen LogP contribution >= 0.6 is 24.0 Å². The van der Waals surface area contributed by atoms with Gasteiger partial charge < -0.3 is 5.73 Å². The third-order valence-corrected chi connectivity index (χ3v) is 3.82. The SMILES string of the molecule is CC(c1ccc(Cl)cc1)C(CN)c1cncc(C#N)c1.Cl. The molecule has 0 spiro atoms. The fourth-order valence-electron chi connectivity index (χ4n) is 2.35. The van der Waals surface area contributed by atoms with Gasteiger partial charge in [-0.1, -0.05) is 30.7 Å². The van der Waals surface area contributed by atoms with Crippen LogP contribution in [-0.4, -0.2) is 11.5 Å². The lowest BCUT2D eigenvalue weighted by atomic mass is 9.83. The smallest absolute Gasteiger partial charge is 0.101 e. The van der Waals surface area contributed by atoms with Gasteiger partial charge in [-0.3, -0.25) is 4.98 Å². The van der Waals surface area contributed by atoms with Crippen molar-refractivity contribution in [1.29, 1.82) is 5.26 Å². The van der Waals surface area contributed by atoms with Gasteiger partial charge in [0.2, 0.25) is 0 Å². The number of hydrogen-bond donors (Lipinski definition) is 1. The number of aromatic nitrogens is 1. The van der Waals surface area contributed by atoms with Crippen LogP contribution in [0.1, 0.15) is 35.4 Å². The second kappa shape index (κ2) is 7.99. The molecule has 2 atom stereocenters. The summed E-state index contributed by atoms with van der Waals surface area (Å²) in [6.07, 6.45) is 3.34. The van der Waals surface area contributed by atoms with Gasteiger partial charge in [0.15, 0.2) is 0 Å². The van der Waals surface area contributed by atoms with Crippen molar-refractivity contribution in [2.45, 2.75) is 18.8 Å². The van der Waals surface area contributed by atoms with Gasteiger partial charge in [0.25, 0.3) is 0 Å². The number of benzene rings is 1. The molecule has 2 rings (SSSR count). The van der Waals surface area contributed by atoms with Crippen LogP contribution in [0.4, 0.5) is 0 Å². The van der Waals surface area contributed by atoms with E-state index in [1.807, 2.05) is 30.3 Å². The van der Waals surface area contributed by atoms with Gasteiger partial charge in [0.1, 0.15) is 6.07 Å². The van der Waals surface area contributed by atoms with E-state index in [2.05, 4.69) is 18.0 Å². The molecule has 0 saturated carbocycles. The highest BCUT2D eigenvalue weighted by atomic mass is 35.5. The van der Waals surface area contributed by atoms with Crippen LogP contribution in [0.2, 0.25) is 5.02 Å². The Bertz CT molecular complexity index is 620. The molecule has 110 valence electrons. The molecule has 5 heteroatoms. The maximum Gasteiger partial charge on any atom is 0.101 e. The van der Waals surface area contributed by atoms with Crippen LogP contribution in [0.15, 0.2) is 42.7 Å². The molecule has 3 nitrogen and oxygen atoms in total. The van der Waals surface area contributed by atoms with Gasteiger partial charge in [-0.05, 0) is 41.8 Å². The Balaban J connectivity index is 0.00000220. The van der Waals surface area contributed by atoms with E-state index in [4.69, 9.17) is 22.6 Å². The number of nitrogens with two attached hydrogens (primary N) is 1. The molecular weight excluding hydrogens is 305 g/mol. The fourth-order valence-corrected chi connectivity index (χ4v) is 2.48. The quantitative estimate of drug-likeness (QED) is 0.929. The van der Waals surface area contributed by atoms with Crippen molar-refractivity contribution in [3.63, 3.8) is 0 Å². The monoisotopic (exact) mass is 321 g/mol. The number of nitrogens with zero attached hydrogens (tertiary/aromatic N) is 2. The van der Waals surface area contributed by atoms with Crippen molar-refractivity contribution in [1.82, 2.24) is 4.98 Å². The third kappa shape index (κ3) is 4.18. The summed E-state index contributed by atoms with van der Waals surface area (Å²) in [5, 5.41) is 9.69. The van der Waals surface area contributed by atoms with Crippen molar-refractivity contribution in [2.75, 3.05) is 6.54 Å². The van der Waals surface area contributed by atoms with E-state index < -0.39 is 0 Å². The lowest BCUT2D eigenvalue weighted by Crippen LogP contribution is -2.19. The van der Waals surface area contributed by atoms with Crippen molar-refractivity contribution in [3.05, 3.63) is 64.4 Å². The minimum Gasteiger partial charge on any atom is -0.330 e. The van der Waals surface area contributed by atoms with Gasteiger partial charge in [-0.2, -0.15) is 5.26 Å². The fraction of sp³-hybridized carbons (Fsp3) is 0.250. The molecule has 1 aromatic heterocycles. The zero-order chi connectivity index (χ0) is 14.5. The zero-order valence-corrected chi connectivity index (χ0v) is 13.2. The first-order valence-electron chi connectivity index (χ1n) is 6.46. The van der Waals surface area contributed by atoms with Crippen molar-refractivity contribution < 1.29 is 0 Å². The van der Waals surface area contributed by atoms with Crippen LogP contribution in [0.3, 0.4) is 0 Å². The summed E-state index contributed by atoms with van der Waals surface area (Å²) in [6.45, 7) is 2.63. The predicted molar refractivity (Wildman–Crippen MR) is 87.9 cm³/mol. The second-order valence-corrected chi connectivity index (χ2v) is 5.24. The molecule has 0 aliphatic carbocycles. The van der Waals surface area contributed by atoms with E-state index >= 15 is 0 Å². The van der Waals surface area contributed by atoms with E-state index in [0.29, 0.717) is 12.1 Å². The van der Waals surface area contributed by atoms with E-state index in [-0.39, 0.29) is 24.2 Å². The molecule has 0 amide bonds. The van der Waals surface area contributed by atoms with E-state index in [0.717, 1.165) is 10.6 Å². The highest BCUT2D eigenvalue weighted by Crippen LogP contribution is 2.32. The van der Waals surface area contributed by atoms with Crippen molar-refractivity contribution in [2.24, 2.45) is 5.73 Å². The Morgan fingerprint density at radius 2 is 1.90 bits per heavy atom. The lowest BCUT2D eigenvalue weighted by Gasteiger charge is -2.23. The highest BCUT2D eigenvalue weighted by Gasteiger charge is 2.20. The summed E-state index contributed by atoms with van der Waals surface area (Å²) in [6, 6.07) is 11.8. The summed E-state index contributed by atoms with van der Waals surface area (Å²) in [4.78, 5) is 4.12. The summed E-state index contributed by atoms with van der Waals surface area (Å²) in [5.41, 5.74) is 8.66. The largest absolute Gasteiger partial charge is 0.330 e. The Morgan fingerprint density at radius 1 is 1.24 bits per heavy atom. The molecule has 0 aliphatic rings. The molecule has 0 aliphatic heterocycles.